The summed E-state index contributed by atoms with van der Waals surface area (Å²) in [6.45, 7) is 3.48. The molecule has 32 heavy (non-hydrogen) atoms. The fourth-order valence-electron chi connectivity index (χ4n) is 4.15. The fourth-order valence-corrected chi connectivity index (χ4v) is 4.15. The molecule has 0 saturated carbocycles. The molecule has 2 aliphatic heterocycles. The van der Waals surface area contributed by atoms with Crippen LogP contribution in [-0.4, -0.2) is 47.6 Å². The molecule has 0 unspecified atom stereocenters. The van der Waals surface area contributed by atoms with E-state index in [2.05, 4.69) is 0 Å². The van der Waals surface area contributed by atoms with Gasteiger partial charge in [-0.05, 0) is 61.2 Å². The summed E-state index contributed by atoms with van der Waals surface area (Å²) in [6.07, 6.45) is 2.42. The third kappa shape index (κ3) is 4.39. The summed E-state index contributed by atoms with van der Waals surface area (Å²) in [7, 11) is 0. The Kier molecular flexibility index (Phi) is 6.55. The van der Waals surface area contributed by atoms with Crippen molar-refractivity contribution in [2.24, 2.45) is 0 Å². The summed E-state index contributed by atoms with van der Waals surface area (Å²) in [4.78, 5) is 27.5. The summed E-state index contributed by atoms with van der Waals surface area (Å²) in [5.74, 6) is -1.54. The van der Waals surface area contributed by atoms with E-state index < -0.39 is 23.5 Å². The van der Waals surface area contributed by atoms with Crippen LogP contribution in [0, 0.1) is 5.82 Å². The predicted octanol–water partition coefficient (Wildman–Crippen LogP) is 4.22. The molecular formula is C25H26FNO5. The van der Waals surface area contributed by atoms with Gasteiger partial charge < -0.3 is 19.5 Å². The van der Waals surface area contributed by atoms with E-state index >= 15 is 0 Å². The minimum atomic E-state index is -0.774. The molecule has 1 N–H and O–H groups in total. The van der Waals surface area contributed by atoms with E-state index in [4.69, 9.17) is 9.47 Å². The normalized spacial score (nSPS) is 22.5. The zero-order valence-electron chi connectivity index (χ0n) is 17.9. The topological polar surface area (TPSA) is 76.1 Å². The van der Waals surface area contributed by atoms with Gasteiger partial charge in [-0.1, -0.05) is 19.1 Å². The van der Waals surface area contributed by atoms with E-state index in [0.717, 1.165) is 19.3 Å². The number of aliphatic hydroxyl groups is 1. The molecule has 2 aliphatic rings. The molecule has 2 atom stereocenters. The highest BCUT2D eigenvalue weighted by Crippen LogP contribution is 2.40. The van der Waals surface area contributed by atoms with Crippen LogP contribution in [-0.2, 0) is 14.3 Å². The third-order valence-corrected chi connectivity index (χ3v) is 5.75. The molecule has 1 amide bonds. The molecule has 0 spiro atoms. The Hall–Kier alpha value is -3.19. The van der Waals surface area contributed by atoms with Gasteiger partial charge in [0.1, 0.15) is 17.3 Å². The molecule has 0 aliphatic carbocycles. The number of halogens is 1. The molecule has 2 aromatic rings. The Morgan fingerprint density at radius 1 is 1.16 bits per heavy atom. The number of nitrogens with zero attached hydrogens (tertiary/aromatic N) is 1. The number of hydrogen-bond acceptors (Lipinski definition) is 5. The second-order valence-corrected chi connectivity index (χ2v) is 8.01. The molecule has 6 nitrogen and oxygen atoms in total. The number of aliphatic hydroxyl groups excluding tert-OH is 1. The maximum atomic E-state index is 13.4. The summed E-state index contributed by atoms with van der Waals surface area (Å²) < 4.78 is 24.7. The van der Waals surface area contributed by atoms with Crippen LogP contribution in [0.2, 0.25) is 0 Å². The van der Waals surface area contributed by atoms with Gasteiger partial charge in [0.25, 0.3) is 11.7 Å². The van der Waals surface area contributed by atoms with E-state index in [1.54, 1.807) is 24.3 Å². The van der Waals surface area contributed by atoms with Crippen LogP contribution in [0.15, 0.2) is 54.1 Å². The monoisotopic (exact) mass is 439 g/mol. The quantitative estimate of drug-likeness (QED) is 0.397. The number of ketones is 1. The lowest BCUT2D eigenvalue weighted by molar-refractivity contribution is -0.140. The first-order valence-corrected chi connectivity index (χ1v) is 10.9. The summed E-state index contributed by atoms with van der Waals surface area (Å²) in [6, 6.07) is 11.6. The van der Waals surface area contributed by atoms with E-state index in [-0.39, 0.29) is 29.5 Å². The van der Waals surface area contributed by atoms with Crippen LogP contribution in [0.25, 0.3) is 5.76 Å². The summed E-state index contributed by atoms with van der Waals surface area (Å²) in [5.41, 5.74) is 0.936. The van der Waals surface area contributed by atoms with Crippen LogP contribution in [0.3, 0.4) is 0 Å². The van der Waals surface area contributed by atoms with Crippen LogP contribution in [0.4, 0.5) is 4.39 Å². The van der Waals surface area contributed by atoms with Gasteiger partial charge in [0.15, 0.2) is 0 Å². The number of hydrogen-bond donors (Lipinski definition) is 1. The number of amides is 1. The fraction of sp³-hybridized carbons (Fsp3) is 0.360. The van der Waals surface area contributed by atoms with E-state index in [1.807, 2.05) is 6.92 Å². The number of ether oxygens (including phenoxy) is 2. The van der Waals surface area contributed by atoms with Crippen molar-refractivity contribution < 1.29 is 28.6 Å². The number of rotatable bonds is 7. The lowest BCUT2D eigenvalue weighted by atomic mass is 9.95. The third-order valence-electron chi connectivity index (χ3n) is 5.75. The van der Waals surface area contributed by atoms with Crippen molar-refractivity contribution in [3.8, 4) is 5.75 Å². The standard InChI is InChI=1S/C25H26FNO5/c1-2-13-31-19-11-7-16(8-12-19)22-21(23(28)17-5-9-18(26)10-6-17)24(29)25(30)27(22)15-20-4-3-14-32-20/h5-12,20,22,28H,2-4,13-15H2,1H3/t20-,22+/m0/s1. The largest absolute Gasteiger partial charge is 0.507 e. The van der Waals surface area contributed by atoms with Gasteiger partial charge in [-0.2, -0.15) is 0 Å². The SMILES string of the molecule is CCCOc1ccc([C@@H]2C(=C(O)c3ccc(F)cc3)C(=O)C(=O)N2C[C@@H]2CCCO2)cc1. The minimum Gasteiger partial charge on any atom is -0.507 e. The van der Waals surface area contributed by atoms with E-state index in [9.17, 15) is 19.1 Å². The summed E-state index contributed by atoms with van der Waals surface area (Å²) in [5, 5.41) is 11.0. The average molecular weight is 439 g/mol. The van der Waals surface area contributed by atoms with Gasteiger partial charge in [-0.3, -0.25) is 9.59 Å². The van der Waals surface area contributed by atoms with Crippen molar-refractivity contribution in [1.82, 2.24) is 4.90 Å². The first kappa shape index (κ1) is 22.0. The van der Waals surface area contributed by atoms with E-state index in [1.165, 1.54) is 29.2 Å². The zero-order valence-corrected chi connectivity index (χ0v) is 17.9. The molecular weight excluding hydrogens is 413 g/mol. The Balaban J connectivity index is 1.75. The van der Waals surface area contributed by atoms with E-state index in [0.29, 0.717) is 24.5 Å². The number of Topliss-reactive ketones (excluding diaryl/α,β-unsaturated/α-hetero) is 1. The Morgan fingerprint density at radius 3 is 2.50 bits per heavy atom. The van der Waals surface area contributed by atoms with Gasteiger partial charge in [0.2, 0.25) is 0 Å². The Bertz CT molecular complexity index is 1010. The first-order valence-electron chi connectivity index (χ1n) is 10.9. The molecule has 7 heteroatoms. The molecule has 4 rings (SSSR count). The van der Waals surface area contributed by atoms with Crippen LogP contribution in [0.5, 0.6) is 5.75 Å². The van der Waals surface area contributed by atoms with Crippen molar-refractivity contribution in [3.05, 3.63) is 71.0 Å². The highest BCUT2D eigenvalue weighted by atomic mass is 19.1. The Morgan fingerprint density at radius 2 is 1.88 bits per heavy atom. The van der Waals surface area contributed by atoms with Gasteiger partial charge in [0, 0.05) is 18.7 Å². The van der Waals surface area contributed by atoms with Gasteiger partial charge in [-0.25, -0.2) is 4.39 Å². The molecule has 0 aromatic heterocycles. The number of carbonyl (C=O) groups is 2. The second kappa shape index (κ2) is 9.53. The molecule has 2 fully saturated rings. The number of likely N-dealkylation sites (tertiary alicyclic amines) is 1. The van der Waals surface area contributed by atoms with Crippen molar-refractivity contribution in [1.29, 1.82) is 0 Å². The van der Waals surface area contributed by atoms with Gasteiger partial charge in [0.05, 0.1) is 24.3 Å². The van der Waals surface area contributed by atoms with Gasteiger partial charge in [-0.15, -0.1) is 0 Å². The molecule has 2 aromatic carbocycles. The maximum Gasteiger partial charge on any atom is 0.295 e. The highest BCUT2D eigenvalue weighted by molar-refractivity contribution is 6.46. The number of benzene rings is 2. The van der Waals surface area contributed by atoms with Crippen molar-refractivity contribution >= 4 is 17.4 Å². The van der Waals surface area contributed by atoms with Crippen LogP contribution >= 0.6 is 0 Å². The minimum absolute atomic E-state index is 0.0122. The predicted molar refractivity (Wildman–Crippen MR) is 117 cm³/mol. The molecule has 2 heterocycles. The van der Waals surface area contributed by atoms with Gasteiger partial charge >= 0.3 is 0 Å². The molecule has 0 radical (unpaired) electrons. The van der Waals surface area contributed by atoms with Crippen molar-refractivity contribution in [2.45, 2.75) is 38.3 Å². The number of carbonyl (C=O) groups excluding carboxylic acids is 2. The van der Waals surface area contributed by atoms with Crippen molar-refractivity contribution in [2.75, 3.05) is 19.8 Å². The average Bonchev–Trinajstić information content (AvgIpc) is 3.40. The lowest BCUT2D eigenvalue weighted by Crippen LogP contribution is -2.36. The van der Waals surface area contributed by atoms with Crippen LogP contribution < -0.4 is 4.74 Å². The second-order valence-electron chi connectivity index (χ2n) is 8.01. The lowest BCUT2D eigenvalue weighted by Gasteiger charge is -2.27. The summed E-state index contributed by atoms with van der Waals surface area (Å²) >= 11 is 0. The maximum absolute atomic E-state index is 13.4. The first-order chi connectivity index (χ1) is 15.5. The Labute approximate surface area is 186 Å². The molecule has 0 bridgehead atoms. The van der Waals surface area contributed by atoms with Crippen molar-refractivity contribution in [3.63, 3.8) is 0 Å². The van der Waals surface area contributed by atoms with Crippen LogP contribution in [0.1, 0.15) is 43.4 Å². The highest BCUT2D eigenvalue weighted by Gasteiger charge is 2.47. The smallest absolute Gasteiger partial charge is 0.295 e. The molecule has 168 valence electrons. The zero-order chi connectivity index (χ0) is 22.7. The molecule has 2 saturated heterocycles.